The summed E-state index contributed by atoms with van der Waals surface area (Å²) in [5, 5.41) is 0. The van der Waals surface area contributed by atoms with Crippen molar-refractivity contribution in [1.29, 1.82) is 0 Å². The Kier molecular flexibility index (Phi) is 7.73. The van der Waals surface area contributed by atoms with Crippen LogP contribution in [0.25, 0.3) is 11.6 Å². The first-order chi connectivity index (χ1) is 15.7. The van der Waals surface area contributed by atoms with E-state index in [0.29, 0.717) is 49.1 Å². The van der Waals surface area contributed by atoms with Crippen molar-refractivity contribution in [3.05, 3.63) is 83.1 Å². The molecule has 0 radical (unpaired) electrons. The van der Waals surface area contributed by atoms with Crippen molar-refractivity contribution in [2.45, 2.75) is 13.1 Å². The first-order valence-corrected chi connectivity index (χ1v) is 11.1. The first-order valence-electron chi connectivity index (χ1n) is 10.3. The van der Waals surface area contributed by atoms with Crippen LogP contribution in [0.4, 0.5) is 0 Å². The third-order valence-corrected chi connectivity index (χ3v) is 5.67. The second-order valence-corrected chi connectivity index (χ2v) is 7.62. The number of aromatic nitrogens is 6. The number of ether oxygens (including phenoxy) is 2. The Balaban J connectivity index is 1.14. The number of hydrogen-bond donors (Lipinski definition) is 0. The number of imidazole rings is 2. The molecule has 0 N–H and O–H groups in total. The van der Waals surface area contributed by atoms with Crippen molar-refractivity contribution in [3.8, 4) is 11.6 Å². The van der Waals surface area contributed by atoms with Gasteiger partial charge in [-0.1, -0.05) is 12.1 Å². The molecule has 0 aromatic carbocycles. The summed E-state index contributed by atoms with van der Waals surface area (Å²) in [6.45, 7) is 3.51. The molecule has 32 heavy (non-hydrogen) atoms. The molecule has 0 atom stereocenters. The van der Waals surface area contributed by atoms with Gasteiger partial charge in [-0.3, -0.25) is 9.13 Å². The van der Waals surface area contributed by atoms with Crippen molar-refractivity contribution in [2.24, 2.45) is 0 Å². The Hall–Kier alpha value is -2.92. The molecule has 0 amide bonds. The average molecular weight is 469 g/mol. The fourth-order valence-corrected chi connectivity index (χ4v) is 3.77. The van der Waals surface area contributed by atoms with Gasteiger partial charge in [0.05, 0.1) is 26.4 Å². The maximum absolute atomic E-state index is 5.69. The van der Waals surface area contributed by atoms with Crippen LogP contribution in [0.1, 0.15) is 0 Å². The van der Waals surface area contributed by atoms with Gasteiger partial charge in [0.1, 0.15) is 11.6 Å². The molecule has 4 aromatic rings. The highest BCUT2D eigenvalue weighted by molar-refractivity contribution is 7.71. The molecule has 0 fully saturated rings. The third-order valence-electron chi connectivity index (χ3n) is 4.81. The fraction of sp³-hybridized carbons (Fsp3) is 0.273. The molecule has 10 heteroatoms. The molecule has 0 unspecified atom stereocenters. The Morgan fingerprint density at radius 3 is 1.50 bits per heavy atom. The van der Waals surface area contributed by atoms with E-state index in [1.807, 2.05) is 79.5 Å². The van der Waals surface area contributed by atoms with Crippen LogP contribution in [0.5, 0.6) is 0 Å². The normalized spacial score (nSPS) is 11.1. The van der Waals surface area contributed by atoms with Crippen LogP contribution < -0.4 is 0 Å². The predicted octanol–water partition coefficient (Wildman–Crippen LogP) is 3.85. The molecule has 0 aliphatic carbocycles. The summed E-state index contributed by atoms with van der Waals surface area (Å²) in [6.07, 6.45) is 11.2. The second-order valence-electron chi connectivity index (χ2n) is 6.89. The van der Waals surface area contributed by atoms with Gasteiger partial charge in [0.25, 0.3) is 0 Å². The van der Waals surface area contributed by atoms with Gasteiger partial charge in [0.15, 0.2) is 9.54 Å². The van der Waals surface area contributed by atoms with Crippen molar-refractivity contribution in [3.63, 3.8) is 0 Å². The molecule has 0 aliphatic rings. The molecule has 4 rings (SSSR count). The summed E-state index contributed by atoms with van der Waals surface area (Å²) >= 11 is 11.0. The number of rotatable bonds is 11. The van der Waals surface area contributed by atoms with E-state index in [1.54, 1.807) is 12.4 Å². The Bertz CT molecular complexity index is 1130. The van der Waals surface area contributed by atoms with Crippen LogP contribution in [-0.2, 0) is 22.6 Å². The van der Waals surface area contributed by atoms with Gasteiger partial charge in [-0.15, -0.1) is 0 Å². The average Bonchev–Trinajstić information content (AvgIpc) is 3.39. The van der Waals surface area contributed by atoms with Crippen LogP contribution in [-0.4, -0.2) is 54.7 Å². The number of pyridine rings is 2. The zero-order valence-corrected chi connectivity index (χ0v) is 19.1. The minimum Gasteiger partial charge on any atom is -0.377 e. The monoisotopic (exact) mass is 468 g/mol. The maximum Gasteiger partial charge on any atom is 0.185 e. The number of nitrogens with zero attached hydrogens (tertiary/aromatic N) is 6. The van der Waals surface area contributed by atoms with Crippen molar-refractivity contribution >= 4 is 24.4 Å². The minimum atomic E-state index is 0.522. The maximum atomic E-state index is 5.69. The quantitative estimate of drug-likeness (QED) is 0.246. The van der Waals surface area contributed by atoms with Crippen molar-refractivity contribution in [1.82, 2.24) is 28.2 Å². The molecule has 0 saturated carbocycles. The van der Waals surface area contributed by atoms with Crippen LogP contribution in [0.15, 0.2) is 73.6 Å². The van der Waals surface area contributed by atoms with Crippen LogP contribution in [0.2, 0.25) is 0 Å². The molecule has 8 nitrogen and oxygen atoms in total. The molecule has 0 spiro atoms. The van der Waals surface area contributed by atoms with E-state index in [9.17, 15) is 0 Å². The van der Waals surface area contributed by atoms with E-state index in [2.05, 4.69) is 9.97 Å². The molecule has 4 aromatic heterocycles. The summed E-state index contributed by atoms with van der Waals surface area (Å²) in [7, 11) is 0. The first kappa shape index (κ1) is 22.3. The summed E-state index contributed by atoms with van der Waals surface area (Å²) in [4.78, 5) is 8.66. The Morgan fingerprint density at radius 1 is 0.625 bits per heavy atom. The summed E-state index contributed by atoms with van der Waals surface area (Å²) in [6, 6.07) is 11.5. The summed E-state index contributed by atoms with van der Waals surface area (Å²) < 4.78 is 20.5. The zero-order chi connectivity index (χ0) is 22.2. The second kappa shape index (κ2) is 11.1. The van der Waals surface area contributed by atoms with E-state index in [0.717, 1.165) is 11.6 Å². The molecule has 166 valence electrons. The van der Waals surface area contributed by atoms with E-state index in [4.69, 9.17) is 33.9 Å². The largest absolute Gasteiger partial charge is 0.377 e. The predicted molar refractivity (Wildman–Crippen MR) is 126 cm³/mol. The third kappa shape index (κ3) is 5.46. The topological polar surface area (TPSA) is 64.0 Å². The lowest BCUT2D eigenvalue weighted by molar-refractivity contribution is 0.0418. The summed E-state index contributed by atoms with van der Waals surface area (Å²) in [5.41, 5.74) is 0. The lowest BCUT2D eigenvalue weighted by Gasteiger charge is -2.08. The lowest BCUT2D eigenvalue weighted by atomic mass is 10.5. The highest BCUT2D eigenvalue weighted by Crippen LogP contribution is 2.07. The zero-order valence-electron chi connectivity index (χ0n) is 17.5. The van der Waals surface area contributed by atoms with Gasteiger partial charge in [-0.05, 0) is 48.7 Å². The van der Waals surface area contributed by atoms with Crippen LogP contribution >= 0.6 is 24.4 Å². The lowest BCUT2D eigenvalue weighted by Crippen LogP contribution is -2.12. The van der Waals surface area contributed by atoms with Gasteiger partial charge in [-0.2, -0.15) is 0 Å². The highest BCUT2D eigenvalue weighted by atomic mass is 32.1. The summed E-state index contributed by atoms with van der Waals surface area (Å²) in [5.74, 6) is 1.61. The van der Waals surface area contributed by atoms with Crippen molar-refractivity contribution < 1.29 is 9.47 Å². The van der Waals surface area contributed by atoms with E-state index in [-0.39, 0.29) is 0 Å². The Morgan fingerprint density at radius 2 is 1.09 bits per heavy atom. The Labute approximate surface area is 196 Å². The van der Waals surface area contributed by atoms with Gasteiger partial charge in [0, 0.05) is 50.3 Å². The molecule has 0 saturated heterocycles. The fourth-order valence-electron chi connectivity index (χ4n) is 3.16. The van der Waals surface area contributed by atoms with Crippen LogP contribution in [0.3, 0.4) is 0 Å². The van der Waals surface area contributed by atoms with Gasteiger partial charge >= 0.3 is 0 Å². The van der Waals surface area contributed by atoms with Gasteiger partial charge in [-0.25, -0.2) is 9.97 Å². The molecular weight excluding hydrogens is 444 g/mol. The molecule has 4 heterocycles. The van der Waals surface area contributed by atoms with Gasteiger partial charge in [0.2, 0.25) is 0 Å². The van der Waals surface area contributed by atoms with E-state index < -0.39 is 0 Å². The number of hydrogen-bond acceptors (Lipinski definition) is 6. The molecular formula is C22H24N6O2S2. The standard InChI is InChI=1S/C22H24N6O2S2/c31-21-25(9-11-27(21)19-5-1-3-7-23-19)13-15-29-17-18-30-16-14-26-10-12-28(22(26)32)20-6-2-4-8-24-20/h1-12H,13-18H2. The van der Waals surface area contributed by atoms with Crippen molar-refractivity contribution in [2.75, 3.05) is 26.4 Å². The van der Waals surface area contributed by atoms with E-state index in [1.165, 1.54) is 0 Å². The van der Waals surface area contributed by atoms with E-state index >= 15 is 0 Å². The molecule has 0 bridgehead atoms. The van der Waals surface area contributed by atoms with Gasteiger partial charge < -0.3 is 18.6 Å². The SMILES string of the molecule is S=c1n(CCOCCOCCn2ccn(-c3ccccn3)c2=S)ccn1-c1ccccn1. The molecule has 0 aliphatic heterocycles. The smallest absolute Gasteiger partial charge is 0.185 e. The van der Waals surface area contributed by atoms with Crippen LogP contribution in [0, 0.1) is 9.54 Å². The highest BCUT2D eigenvalue weighted by Gasteiger charge is 2.04. The minimum absolute atomic E-state index is 0.522.